The Kier molecular flexibility index (Phi) is 5.01. The van der Waals surface area contributed by atoms with Gasteiger partial charge in [-0.3, -0.25) is 4.79 Å². The summed E-state index contributed by atoms with van der Waals surface area (Å²) in [4.78, 5) is 12.1. The molecule has 2 aromatic carbocycles. The van der Waals surface area contributed by atoms with E-state index in [1.165, 1.54) is 18.2 Å². The molecule has 0 fully saturated rings. The van der Waals surface area contributed by atoms with E-state index in [0.29, 0.717) is 28.3 Å². The molecule has 5 nitrogen and oxygen atoms in total. The van der Waals surface area contributed by atoms with Crippen LogP contribution in [0.1, 0.15) is 29.3 Å². The van der Waals surface area contributed by atoms with E-state index in [1.54, 1.807) is 24.3 Å². The van der Waals surface area contributed by atoms with E-state index in [9.17, 15) is 15.0 Å². The van der Waals surface area contributed by atoms with Crippen molar-refractivity contribution in [3.8, 4) is 11.5 Å². The summed E-state index contributed by atoms with van der Waals surface area (Å²) >= 11 is 5.95. The Morgan fingerprint density at radius 3 is 2.59 bits per heavy atom. The minimum Gasteiger partial charge on any atom is -0.508 e. The van der Waals surface area contributed by atoms with Gasteiger partial charge in [-0.05, 0) is 36.8 Å². The number of phenolic OH excluding ortho intramolecular Hbond substituents is 2. The van der Waals surface area contributed by atoms with E-state index < -0.39 is 5.91 Å². The van der Waals surface area contributed by atoms with Gasteiger partial charge in [0.05, 0.1) is 16.3 Å². The highest BCUT2D eigenvalue weighted by Crippen LogP contribution is 2.23. The molecule has 0 saturated heterocycles. The second-order valence-corrected chi connectivity index (χ2v) is 4.94. The molecular weight excluding hydrogens is 304 g/mol. The number of carbonyl (C=O) groups excluding carboxylic acids is 1. The number of hydrogen-bond donors (Lipinski definition) is 3. The zero-order chi connectivity index (χ0) is 16.1. The van der Waals surface area contributed by atoms with Gasteiger partial charge < -0.3 is 10.2 Å². The molecule has 1 amide bonds. The quantitative estimate of drug-likeness (QED) is 0.459. The third kappa shape index (κ3) is 3.56. The van der Waals surface area contributed by atoms with Gasteiger partial charge >= 0.3 is 0 Å². The molecule has 114 valence electrons. The van der Waals surface area contributed by atoms with Crippen molar-refractivity contribution in [3.63, 3.8) is 0 Å². The molecule has 22 heavy (non-hydrogen) atoms. The second-order valence-electron chi connectivity index (χ2n) is 4.53. The van der Waals surface area contributed by atoms with Crippen LogP contribution < -0.4 is 5.43 Å². The number of hydrogen-bond acceptors (Lipinski definition) is 4. The van der Waals surface area contributed by atoms with Crippen molar-refractivity contribution in [2.75, 3.05) is 0 Å². The van der Waals surface area contributed by atoms with Crippen molar-refractivity contribution in [1.82, 2.24) is 5.43 Å². The van der Waals surface area contributed by atoms with Crippen molar-refractivity contribution in [2.45, 2.75) is 13.3 Å². The van der Waals surface area contributed by atoms with E-state index >= 15 is 0 Å². The lowest BCUT2D eigenvalue weighted by Gasteiger charge is -2.08. The number of carbonyl (C=O) groups is 1. The van der Waals surface area contributed by atoms with Gasteiger partial charge in [0.2, 0.25) is 0 Å². The molecule has 0 radical (unpaired) electrons. The van der Waals surface area contributed by atoms with Crippen LogP contribution in [0.25, 0.3) is 0 Å². The van der Waals surface area contributed by atoms with E-state index in [2.05, 4.69) is 10.5 Å². The first-order valence-corrected chi connectivity index (χ1v) is 7.04. The Morgan fingerprint density at radius 2 is 1.91 bits per heavy atom. The maximum atomic E-state index is 12.1. The molecule has 0 bridgehead atoms. The molecule has 3 N–H and O–H groups in total. The Bertz CT molecular complexity index is 729. The summed E-state index contributed by atoms with van der Waals surface area (Å²) in [6, 6.07) is 10.8. The molecule has 6 heteroatoms. The minimum atomic E-state index is -0.448. The van der Waals surface area contributed by atoms with E-state index in [4.69, 9.17) is 11.6 Å². The lowest BCUT2D eigenvalue weighted by molar-refractivity contribution is 0.0955. The monoisotopic (exact) mass is 318 g/mol. The summed E-state index contributed by atoms with van der Waals surface area (Å²) in [6.07, 6.45) is 0.458. The number of rotatable bonds is 4. The topological polar surface area (TPSA) is 81.9 Å². The fourth-order valence-electron chi connectivity index (χ4n) is 1.91. The summed E-state index contributed by atoms with van der Waals surface area (Å²) in [5.41, 5.74) is 3.52. The smallest absolute Gasteiger partial charge is 0.272 e. The van der Waals surface area contributed by atoms with Crippen molar-refractivity contribution in [2.24, 2.45) is 5.10 Å². The molecule has 0 aliphatic carbocycles. The molecule has 2 rings (SSSR count). The maximum Gasteiger partial charge on any atom is 0.272 e. The third-order valence-corrected chi connectivity index (χ3v) is 3.37. The van der Waals surface area contributed by atoms with Crippen LogP contribution in [0.5, 0.6) is 11.5 Å². The fraction of sp³-hybridized carbons (Fsp3) is 0.125. The van der Waals surface area contributed by atoms with Crippen LogP contribution in [0.15, 0.2) is 47.6 Å². The van der Waals surface area contributed by atoms with Crippen LogP contribution in [0.2, 0.25) is 5.02 Å². The predicted molar refractivity (Wildman–Crippen MR) is 85.5 cm³/mol. The largest absolute Gasteiger partial charge is 0.508 e. The van der Waals surface area contributed by atoms with Crippen molar-refractivity contribution in [1.29, 1.82) is 0 Å². The summed E-state index contributed by atoms with van der Waals surface area (Å²) in [6.45, 7) is 1.82. The Labute approximate surface area is 132 Å². The number of aromatic hydroxyl groups is 2. The van der Waals surface area contributed by atoms with Crippen molar-refractivity contribution in [3.05, 3.63) is 58.6 Å². The average Bonchev–Trinajstić information content (AvgIpc) is 2.51. The van der Waals surface area contributed by atoms with Crippen LogP contribution in [-0.2, 0) is 0 Å². The van der Waals surface area contributed by atoms with Crippen LogP contribution in [-0.4, -0.2) is 21.8 Å². The van der Waals surface area contributed by atoms with E-state index in [-0.39, 0.29) is 11.5 Å². The SMILES string of the molecule is CCC(=NNC(=O)c1ccccc1Cl)c1cc(O)ccc1O. The van der Waals surface area contributed by atoms with Crippen molar-refractivity contribution < 1.29 is 15.0 Å². The number of phenols is 2. The van der Waals surface area contributed by atoms with Gasteiger partial charge in [0.1, 0.15) is 11.5 Å². The molecule has 0 heterocycles. The fourth-order valence-corrected chi connectivity index (χ4v) is 2.13. The van der Waals surface area contributed by atoms with Crippen LogP contribution in [0.3, 0.4) is 0 Å². The zero-order valence-corrected chi connectivity index (χ0v) is 12.6. The van der Waals surface area contributed by atoms with Gasteiger partial charge in [0, 0.05) is 5.56 Å². The number of nitrogens with one attached hydrogen (secondary N) is 1. The highest BCUT2D eigenvalue weighted by molar-refractivity contribution is 6.33. The highest BCUT2D eigenvalue weighted by atomic mass is 35.5. The molecule has 0 aromatic heterocycles. The lowest BCUT2D eigenvalue weighted by Crippen LogP contribution is -2.20. The standard InChI is InChI=1S/C16H15ClN2O3/c1-2-14(12-9-10(20)7-8-15(12)21)18-19-16(22)11-5-3-4-6-13(11)17/h3-9,20-21H,2H2,1H3,(H,19,22). The number of benzene rings is 2. The number of hydrazone groups is 1. The first kappa shape index (κ1) is 15.9. The molecule has 0 aliphatic rings. The predicted octanol–water partition coefficient (Wildman–Crippen LogP) is 3.30. The third-order valence-electron chi connectivity index (χ3n) is 3.04. The van der Waals surface area contributed by atoms with Crippen LogP contribution in [0, 0.1) is 0 Å². The molecule has 0 spiro atoms. The molecular formula is C16H15ClN2O3. The molecule has 0 atom stereocenters. The summed E-state index contributed by atoms with van der Waals surface area (Å²) < 4.78 is 0. The van der Waals surface area contributed by atoms with E-state index in [1.807, 2.05) is 6.92 Å². The number of halogens is 1. The summed E-state index contributed by atoms with van der Waals surface area (Å²) in [7, 11) is 0. The zero-order valence-electron chi connectivity index (χ0n) is 11.9. The van der Waals surface area contributed by atoms with Crippen molar-refractivity contribution >= 4 is 23.2 Å². The maximum absolute atomic E-state index is 12.1. The highest BCUT2D eigenvalue weighted by Gasteiger charge is 2.12. The molecule has 0 saturated carbocycles. The molecule has 0 unspecified atom stereocenters. The lowest BCUT2D eigenvalue weighted by atomic mass is 10.1. The first-order valence-electron chi connectivity index (χ1n) is 6.66. The van der Waals surface area contributed by atoms with Gasteiger partial charge in [0.25, 0.3) is 5.91 Å². The number of amides is 1. The van der Waals surface area contributed by atoms with Crippen LogP contribution in [0.4, 0.5) is 0 Å². The normalized spacial score (nSPS) is 11.3. The molecule has 0 aliphatic heterocycles. The molecule has 2 aromatic rings. The Hall–Kier alpha value is -2.53. The van der Waals surface area contributed by atoms with Gasteiger partial charge in [-0.1, -0.05) is 30.7 Å². The summed E-state index contributed by atoms with van der Waals surface area (Å²) in [5, 5.41) is 23.7. The van der Waals surface area contributed by atoms with E-state index in [0.717, 1.165) is 0 Å². The number of nitrogens with zero attached hydrogens (tertiary/aromatic N) is 1. The Balaban J connectivity index is 2.25. The Morgan fingerprint density at radius 1 is 1.18 bits per heavy atom. The van der Waals surface area contributed by atoms with Crippen LogP contribution >= 0.6 is 11.6 Å². The van der Waals surface area contributed by atoms with Gasteiger partial charge in [-0.15, -0.1) is 0 Å². The average molecular weight is 319 g/mol. The van der Waals surface area contributed by atoms with Gasteiger partial charge in [-0.25, -0.2) is 5.43 Å². The van der Waals surface area contributed by atoms with Gasteiger partial charge in [0.15, 0.2) is 0 Å². The first-order chi connectivity index (χ1) is 10.5. The minimum absolute atomic E-state index is 0.00591. The van der Waals surface area contributed by atoms with Gasteiger partial charge in [-0.2, -0.15) is 5.10 Å². The summed E-state index contributed by atoms with van der Waals surface area (Å²) in [5.74, 6) is -0.465. The second kappa shape index (κ2) is 6.95.